The Morgan fingerprint density at radius 3 is 2.74 bits per heavy atom. The largest absolute Gasteiger partial charge is 0.480 e. The maximum Gasteiger partial charge on any atom is 0.329 e. The van der Waals surface area contributed by atoms with Gasteiger partial charge in [0, 0.05) is 12.4 Å². The number of amides is 1. The first kappa shape index (κ1) is 15.5. The highest BCUT2D eigenvalue weighted by atomic mass is 16.4. The van der Waals surface area contributed by atoms with Gasteiger partial charge in [0.25, 0.3) is 5.91 Å². The van der Waals surface area contributed by atoms with Gasteiger partial charge in [-0.15, -0.1) is 0 Å². The van der Waals surface area contributed by atoms with Crippen LogP contribution in [0.2, 0.25) is 0 Å². The number of aryl methyl sites for hydroxylation is 1. The SMILES string of the molecule is Cc1ccn2cc(C(=O)NC3(C(=O)O)CCC(C)CC3)nc2c1. The van der Waals surface area contributed by atoms with Crippen LogP contribution in [0.4, 0.5) is 0 Å². The lowest BCUT2D eigenvalue weighted by molar-refractivity contribution is -0.146. The molecule has 1 fully saturated rings. The van der Waals surface area contributed by atoms with Crippen molar-refractivity contribution < 1.29 is 14.7 Å². The Morgan fingerprint density at radius 1 is 1.39 bits per heavy atom. The van der Waals surface area contributed by atoms with Gasteiger partial charge < -0.3 is 14.8 Å². The Bertz CT molecular complexity index is 758. The van der Waals surface area contributed by atoms with Crippen molar-refractivity contribution in [2.75, 3.05) is 0 Å². The smallest absolute Gasteiger partial charge is 0.329 e. The van der Waals surface area contributed by atoms with E-state index < -0.39 is 17.4 Å². The van der Waals surface area contributed by atoms with E-state index in [2.05, 4.69) is 17.2 Å². The molecule has 0 atom stereocenters. The molecule has 122 valence electrons. The van der Waals surface area contributed by atoms with Gasteiger partial charge in [-0.05, 0) is 56.2 Å². The quantitative estimate of drug-likeness (QED) is 0.911. The molecule has 2 N–H and O–H groups in total. The molecule has 2 aromatic rings. The van der Waals surface area contributed by atoms with Crippen molar-refractivity contribution in [1.29, 1.82) is 0 Å². The van der Waals surface area contributed by atoms with Crippen LogP contribution >= 0.6 is 0 Å². The van der Waals surface area contributed by atoms with Gasteiger partial charge in [-0.2, -0.15) is 0 Å². The maximum absolute atomic E-state index is 12.5. The predicted molar refractivity (Wildman–Crippen MR) is 85.4 cm³/mol. The van der Waals surface area contributed by atoms with Gasteiger partial charge in [0.1, 0.15) is 16.9 Å². The highest BCUT2D eigenvalue weighted by Crippen LogP contribution is 2.32. The number of imidazole rings is 1. The van der Waals surface area contributed by atoms with Crippen molar-refractivity contribution in [3.8, 4) is 0 Å². The van der Waals surface area contributed by atoms with Gasteiger partial charge in [-0.1, -0.05) is 6.92 Å². The van der Waals surface area contributed by atoms with Crippen LogP contribution < -0.4 is 5.32 Å². The van der Waals surface area contributed by atoms with Crippen LogP contribution in [0.3, 0.4) is 0 Å². The molecule has 6 heteroatoms. The molecular weight excluding hydrogens is 294 g/mol. The van der Waals surface area contributed by atoms with Crippen molar-refractivity contribution in [3.05, 3.63) is 35.8 Å². The molecule has 23 heavy (non-hydrogen) atoms. The average molecular weight is 315 g/mol. The zero-order valence-electron chi connectivity index (χ0n) is 13.4. The number of nitrogens with one attached hydrogen (secondary N) is 1. The Hall–Kier alpha value is -2.37. The van der Waals surface area contributed by atoms with Crippen LogP contribution in [0.15, 0.2) is 24.5 Å². The van der Waals surface area contributed by atoms with Crippen molar-refractivity contribution >= 4 is 17.5 Å². The minimum atomic E-state index is -1.17. The van der Waals surface area contributed by atoms with Gasteiger partial charge in [0.15, 0.2) is 0 Å². The van der Waals surface area contributed by atoms with Crippen molar-refractivity contribution in [2.24, 2.45) is 5.92 Å². The van der Waals surface area contributed by atoms with Gasteiger partial charge in [-0.25, -0.2) is 9.78 Å². The number of rotatable bonds is 3. The molecule has 0 saturated heterocycles. The fraction of sp³-hybridized carbons (Fsp3) is 0.471. The lowest BCUT2D eigenvalue weighted by Gasteiger charge is -2.36. The van der Waals surface area contributed by atoms with Crippen LogP contribution in [0.25, 0.3) is 5.65 Å². The zero-order chi connectivity index (χ0) is 16.6. The molecule has 1 amide bonds. The van der Waals surface area contributed by atoms with Gasteiger partial charge in [-0.3, -0.25) is 4.79 Å². The third-order valence-corrected chi connectivity index (χ3v) is 4.74. The summed E-state index contributed by atoms with van der Waals surface area (Å²) in [6.07, 6.45) is 5.99. The van der Waals surface area contributed by atoms with E-state index in [1.807, 2.05) is 25.3 Å². The Morgan fingerprint density at radius 2 is 2.09 bits per heavy atom. The summed E-state index contributed by atoms with van der Waals surface area (Å²) in [6, 6.07) is 3.81. The molecule has 2 aromatic heterocycles. The summed E-state index contributed by atoms with van der Waals surface area (Å²) in [6.45, 7) is 4.06. The average Bonchev–Trinajstić information content (AvgIpc) is 2.92. The molecule has 1 aliphatic rings. The third-order valence-electron chi connectivity index (χ3n) is 4.74. The first-order chi connectivity index (χ1) is 10.9. The number of pyridine rings is 1. The monoisotopic (exact) mass is 315 g/mol. The molecule has 0 radical (unpaired) electrons. The van der Waals surface area contributed by atoms with Crippen molar-refractivity contribution in [2.45, 2.75) is 45.1 Å². The van der Waals surface area contributed by atoms with Crippen LogP contribution in [0.5, 0.6) is 0 Å². The number of carboxylic acids is 1. The van der Waals surface area contributed by atoms with E-state index in [1.54, 1.807) is 10.6 Å². The van der Waals surface area contributed by atoms with E-state index in [0.29, 0.717) is 24.4 Å². The summed E-state index contributed by atoms with van der Waals surface area (Å²) in [5.74, 6) is -0.891. The van der Waals surface area contributed by atoms with Gasteiger partial charge in [0.05, 0.1) is 0 Å². The van der Waals surface area contributed by atoms with E-state index in [4.69, 9.17) is 0 Å². The highest BCUT2D eigenvalue weighted by Gasteiger charge is 2.42. The summed E-state index contributed by atoms with van der Waals surface area (Å²) in [5.41, 5.74) is 0.806. The molecule has 0 bridgehead atoms. The van der Waals surface area contributed by atoms with Crippen LogP contribution in [0.1, 0.15) is 48.7 Å². The fourth-order valence-electron chi connectivity index (χ4n) is 3.12. The maximum atomic E-state index is 12.5. The molecular formula is C17H21N3O3. The topological polar surface area (TPSA) is 83.7 Å². The number of carbonyl (C=O) groups excluding carboxylic acids is 1. The first-order valence-electron chi connectivity index (χ1n) is 7.91. The number of carboxylic acid groups (broad SMARTS) is 1. The second-order valence-corrected chi connectivity index (χ2v) is 6.62. The molecule has 0 aromatic carbocycles. The highest BCUT2D eigenvalue weighted by molar-refractivity contribution is 5.96. The van der Waals surface area contributed by atoms with E-state index in [1.165, 1.54) is 0 Å². The van der Waals surface area contributed by atoms with E-state index >= 15 is 0 Å². The Kier molecular flexibility index (Phi) is 3.83. The number of aromatic nitrogens is 2. The molecule has 6 nitrogen and oxygen atoms in total. The number of carbonyl (C=O) groups is 2. The Balaban J connectivity index is 1.84. The minimum Gasteiger partial charge on any atom is -0.480 e. The molecule has 3 rings (SSSR count). The lowest BCUT2D eigenvalue weighted by Crippen LogP contribution is -2.56. The number of hydrogen-bond donors (Lipinski definition) is 2. The third kappa shape index (κ3) is 2.93. The minimum absolute atomic E-state index is 0.245. The first-order valence-corrected chi connectivity index (χ1v) is 7.91. The van der Waals surface area contributed by atoms with Crippen LogP contribution in [-0.2, 0) is 4.79 Å². The van der Waals surface area contributed by atoms with Gasteiger partial charge >= 0.3 is 5.97 Å². The van der Waals surface area contributed by atoms with Crippen LogP contribution in [0, 0.1) is 12.8 Å². The summed E-state index contributed by atoms with van der Waals surface area (Å²) >= 11 is 0. The van der Waals surface area contributed by atoms with Gasteiger partial charge in [0.2, 0.25) is 0 Å². The Labute approximate surface area is 134 Å². The molecule has 1 saturated carbocycles. The summed E-state index contributed by atoms with van der Waals surface area (Å²) < 4.78 is 1.76. The number of aliphatic carboxylic acids is 1. The standard InChI is InChI=1S/C17H21N3O3/c1-11-3-6-17(7-4-11,16(22)23)19-15(21)13-10-20-8-5-12(2)9-14(20)18-13/h5,8-11H,3-4,6-7H2,1-2H3,(H,19,21)(H,22,23). The molecule has 1 aliphatic carbocycles. The van der Waals surface area contributed by atoms with E-state index in [0.717, 1.165) is 18.4 Å². The summed E-state index contributed by atoms with van der Waals surface area (Å²) in [5, 5.41) is 12.3. The second-order valence-electron chi connectivity index (χ2n) is 6.62. The normalized spacial score (nSPS) is 24.5. The second kappa shape index (κ2) is 5.68. The van der Waals surface area contributed by atoms with Crippen LogP contribution in [-0.4, -0.2) is 31.9 Å². The predicted octanol–water partition coefficient (Wildman–Crippen LogP) is 2.41. The van der Waals surface area contributed by atoms with E-state index in [9.17, 15) is 14.7 Å². The zero-order valence-corrected chi connectivity index (χ0v) is 13.4. The molecule has 2 heterocycles. The molecule has 0 aliphatic heterocycles. The summed E-state index contributed by atoms with van der Waals surface area (Å²) in [7, 11) is 0. The van der Waals surface area contributed by atoms with E-state index in [-0.39, 0.29) is 5.69 Å². The molecule has 0 unspecified atom stereocenters. The van der Waals surface area contributed by atoms with Crippen molar-refractivity contribution in [1.82, 2.24) is 14.7 Å². The number of nitrogens with zero attached hydrogens (tertiary/aromatic N) is 2. The lowest BCUT2D eigenvalue weighted by atomic mass is 9.77. The fourth-order valence-corrected chi connectivity index (χ4v) is 3.12. The van der Waals surface area contributed by atoms with Crippen molar-refractivity contribution in [3.63, 3.8) is 0 Å². The molecule has 0 spiro atoms. The summed E-state index contributed by atoms with van der Waals surface area (Å²) in [4.78, 5) is 28.5. The number of hydrogen-bond acceptors (Lipinski definition) is 3. The number of fused-ring (bicyclic) bond motifs is 1.